The van der Waals surface area contributed by atoms with Crippen LogP contribution in [-0.4, -0.2) is 26.2 Å². The fourth-order valence-corrected chi connectivity index (χ4v) is 1.77. The first kappa shape index (κ1) is 16.3. The first-order valence-corrected chi connectivity index (χ1v) is 6.32. The molecule has 1 N–H and O–H groups in total. The molecule has 110 valence electrons. The van der Waals surface area contributed by atoms with Crippen LogP contribution in [0, 0.1) is 0 Å². The van der Waals surface area contributed by atoms with Crippen LogP contribution in [0.5, 0.6) is 5.75 Å². The van der Waals surface area contributed by atoms with E-state index in [0.29, 0.717) is 13.2 Å². The van der Waals surface area contributed by atoms with Crippen LogP contribution in [0.4, 0.5) is 13.2 Å². The smallest absolute Gasteiger partial charge is 0.416 e. The molecular weight excluding hydrogens is 267 g/mol. The van der Waals surface area contributed by atoms with Crippen molar-refractivity contribution < 1.29 is 22.8 Å². The maximum atomic E-state index is 12.5. The number of benzene rings is 1. The molecule has 20 heavy (non-hydrogen) atoms. The van der Waals surface area contributed by atoms with Crippen LogP contribution in [0.2, 0.25) is 0 Å². The minimum absolute atomic E-state index is 0.233. The third-order valence-electron chi connectivity index (χ3n) is 2.75. The number of rotatable bonds is 8. The van der Waals surface area contributed by atoms with E-state index in [2.05, 4.69) is 13.2 Å². The molecule has 2 nitrogen and oxygen atoms in total. The summed E-state index contributed by atoms with van der Waals surface area (Å²) >= 11 is 0. The van der Waals surface area contributed by atoms with Crippen LogP contribution in [0.15, 0.2) is 49.6 Å². The summed E-state index contributed by atoms with van der Waals surface area (Å²) in [7, 11) is 0. The van der Waals surface area contributed by atoms with Crippen LogP contribution in [0.25, 0.3) is 0 Å². The van der Waals surface area contributed by atoms with Gasteiger partial charge in [0.25, 0.3) is 0 Å². The Morgan fingerprint density at radius 1 is 1.15 bits per heavy atom. The largest absolute Gasteiger partial charge is 0.488 e. The van der Waals surface area contributed by atoms with Crippen LogP contribution < -0.4 is 9.64 Å². The summed E-state index contributed by atoms with van der Waals surface area (Å²) in [6, 6.07) is 4.91. The molecule has 5 heteroatoms. The summed E-state index contributed by atoms with van der Waals surface area (Å²) in [6.07, 6.45) is -0.755. The highest BCUT2D eigenvalue weighted by atomic mass is 19.4. The molecule has 0 atom stereocenters. The number of alkyl halides is 3. The minimum Gasteiger partial charge on any atom is -0.488 e. The van der Waals surface area contributed by atoms with E-state index in [1.54, 1.807) is 12.2 Å². The molecule has 0 amide bonds. The van der Waals surface area contributed by atoms with Crippen molar-refractivity contribution in [1.82, 2.24) is 0 Å². The zero-order valence-corrected chi connectivity index (χ0v) is 11.2. The molecule has 0 aromatic heterocycles. The Morgan fingerprint density at radius 2 is 1.80 bits per heavy atom. The van der Waals surface area contributed by atoms with Crippen molar-refractivity contribution in [2.45, 2.75) is 6.18 Å². The number of nitrogens with one attached hydrogen (secondary N) is 1. The van der Waals surface area contributed by atoms with Crippen molar-refractivity contribution in [3.63, 3.8) is 0 Å². The molecule has 0 saturated carbocycles. The fourth-order valence-electron chi connectivity index (χ4n) is 1.77. The van der Waals surface area contributed by atoms with Gasteiger partial charge in [0.2, 0.25) is 0 Å². The maximum Gasteiger partial charge on any atom is 0.416 e. The predicted octanol–water partition coefficient (Wildman–Crippen LogP) is 2.34. The van der Waals surface area contributed by atoms with Gasteiger partial charge < -0.3 is 9.64 Å². The SMILES string of the molecule is C=CC[NH+](CC=C)CCOc1cccc(C(F)(F)F)c1. The Morgan fingerprint density at radius 3 is 2.35 bits per heavy atom. The molecule has 1 aromatic rings. The summed E-state index contributed by atoms with van der Waals surface area (Å²) in [4.78, 5) is 1.20. The Bertz CT molecular complexity index is 433. The molecule has 0 aliphatic heterocycles. The van der Waals surface area contributed by atoms with Gasteiger partial charge in [-0.2, -0.15) is 13.2 Å². The van der Waals surface area contributed by atoms with Gasteiger partial charge in [0.1, 0.15) is 18.9 Å². The quantitative estimate of drug-likeness (QED) is 0.724. The second-order valence-electron chi connectivity index (χ2n) is 4.36. The van der Waals surface area contributed by atoms with Gasteiger partial charge >= 0.3 is 6.18 Å². The van der Waals surface area contributed by atoms with Crippen LogP contribution in [0.3, 0.4) is 0 Å². The van der Waals surface area contributed by atoms with Crippen molar-refractivity contribution >= 4 is 0 Å². The molecule has 0 bridgehead atoms. The Labute approximate surface area is 117 Å². The van der Waals surface area contributed by atoms with Gasteiger partial charge in [0.05, 0.1) is 18.7 Å². The topological polar surface area (TPSA) is 13.7 Å². The third kappa shape index (κ3) is 5.48. The summed E-state index contributed by atoms with van der Waals surface area (Å²) in [5.74, 6) is 0.233. The van der Waals surface area contributed by atoms with E-state index < -0.39 is 11.7 Å². The average Bonchev–Trinajstić information content (AvgIpc) is 2.38. The molecule has 1 rings (SSSR count). The first-order valence-electron chi connectivity index (χ1n) is 6.32. The lowest BCUT2D eigenvalue weighted by atomic mass is 10.2. The molecule has 0 radical (unpaired) electrons. The van der Waals surface area contributed by atoms with E-state index in [1.807, 2.05) is 0 Å². The Balaban J connectivity index is 2.53. The molecule has 0 saturated heterocycles. The fraction of sp³-hybridized carbons (Fsp3) is 0.333. The highest BCUT2D eigenvalue weighted by Crippen LogP contribution is 2.31. The third-order valence-corrected chi connectivity index (χ3v) is 2.75. The normalized spacial score (nSPS) is 11.4. The summed E-state index contributed by atoms with van der Waals surface area (Å²) in [5.41, 5.74) is -0.698. The minimum atomic E-state index is -4.34. The predicted molar refractivity (Wildman–Crippen MR) is 72.9 cm³/mol. The van der Waals surface area contributed by atoms with Crippen LogP contribution in [0.1, 0.15) is 5.56 Å². The Kier molecular flexibility index (Phi) is 6.31. The van der Waals surface area contributed by atoms with Gasteiger partial charge in [-0.3, -0.25) is 0 Å². The molecule has 0 heterocycles. The summed E-state index contributed by atoms with van der Waals surface area (Å²) < 4.78 is 43.0. The lowest BCUT2D eigenvalue weighted by molar-refractivity contribution is -0.888. The van der Waals surface area contributed by atoms with Gasteiger partial charge in [-0.1, -0.05) is 19.2 Å². The Hall–Kier alpha value is -1.75. The van der Waals surface area contributed by atoms with Crippen LogP contribution in [-0.2, 0) is 6.18 Å². The zero-order chi connectivity index (χ0) is 15.0. The van der Waals surface area contributed by atoms with E-state index in [0.717, 1.165) is 25.2 Å². The monoisotopic (exact) mass is 286 g/mol. The molecule has 0 aliphatic rings. The van der Waals surface area contributed by atoms with Crippen molar-refractivity contribution in [1.29, 1.82) is 0 Å². The highest BCUT2D eigenvalue weighted by molar-refractivity contribution is 5.30. The van der Waals surface area contributed by atoms with Gasteiger partial charge in [0, 0.05) is 0 Å². The van der Waals surface area contributed by atoms with Crippen molar-refractivity contribution in [3.05, 3.63) is 55.1 Å². The first-order chi connectivity index (χ1) is 9.47. The number of quaternary nitrogens is 1. The van der Waals surface area contributed by atoms with Crippen molar-refractivity contribution in [2.24, 2.45) is 0 Å². The van der Waals surface area contributed by atoms with E-state index in [9.17, 15) is 13.2 Å². The molecular formula is C15H19F3NO+. The molecule has 1 aromatic carbocycles. The molecule has 0 aliphatic carbocycles. The molecule has 0 unspecified atom stereocenters. The summed E-state index contributed by atoms with van der Waals surface area (Å²) in [5, 5.41) is 0. The molecule has 0 spiro atoms. The number of hydrogen-bond acceptors (Lipinski definition) is 1. The van der Waals surface area contributed by atoms with Gasteiger partial charge in [-0.05, 0) is 30.4 Å². The lowest BCUT2D eigenvalue weighted by Crippen LogP contribution is -3.12. The molecule has 0 fully saturated rings. The van der Waals surface area contributed by atoms with Gasteiger partial charge in [0.15, 0.2) is 0 Å². The highest BCUT2D eigenvalue weighted by Gasteiger charge is 2.30. The van der Waals surface area contributed by atoms with E-state index >= 15 is 0 Å². The van der Waals surface area contributed by atoms with E-state index in [4.69, 9.17) is 4.74 Å². The van der Waals surface area contributed by atoms with E-state index in [-0.39, 0.29) is 5.75 Å². The maximum absolute atomic E-state index is 12.5. The van der Waals surface area contributed by atoms with Gasteiger partial charge in [-0.15, -0.1) is 0 Å². The second-order valence-corrected chi connectivity index (χ2v) is 4.36. The number of ether oxygens (including phenoxy) is 1. The van der Waals surface area contributed by atoms with Crippen molar-refractivity contribution in [3.8, 4) is 5.75 Å². The van der Waals surface area contributed by atoms with Crippen molar-refractivity contribution in [2.75, 3.05) is 26.2 Å². The zero-order valence-electron chi connectivity index (χ0n) is 11.2. The van der Waals surface area contributed by atoms with Gasteiger partial charge in [-0.25, -0.2) is 0 Å². The number of halogens is 3. The average molecular weight is 286 g/mol. The standard InChI is InChI=1S/C15H18F3NO/c1-3-8-19(9-4-2)10-11-20-14-7-5-6-13(12-14)15(16,17)18/h3-7,12H,1-2,8-11H2/p+1. The second kappa shape index (κ2) is 7.75. The lowest BCUT2D eigenvalue weighted by Gasteiger charge is -2.16. The van der Waals surface area contributed by atoms with E-state index in [1.165, 1.54) is 17.0 Å². The number of hydrogen-bond donors (Lipinski definition) is 1. The summed E-state index contributed by atoms with van der Waals surface area (Å²) in [6.45, 7) is 9.88. The van der Waals surface area contributed by atoms with Crippen LogP contribution >= 0.6 is 0 Å².